The van der Waals surface area contributed by atoms with Crippen LogP contribution in [0.1, 0.15) is 19.8 Å². The molecule has 0 spiro atoms. The molecule has 7 nitrogen and oxygen atoms in total. The highest BCUT2D eigenvalue weighted by atomic mass is 35.5. The molecule has 1 atom stereocenters. The molecule has 1 heterocycles. The van der Waals surface area contributed by atoms with Gasteiger partial charge in [-0.15, -0.1) is 0 Å². The van der Waals surface area contributed by atoms with Crippen molar-refractivity contribution in [3.8, 4) is 0 Å². The Hall–Kier alpha value is -1.89. The van der Waals surface area contributed by atoms with Gasteiger partial charge in [-0.3, -0.25) is 14.9 Å². The molecule has 1 aromatic heterocycles. The number of hydrogen-bond acceptors (Lipinski definition) is 5. The second-order valence-corrected chi connectivity index (χ2v) is 4.79. The second-order valence-electron chi connectivity index (χ2n) is 4.41. The predicted octanol–water partition coefficient (Wildman–Crippen LogP) is 1.72. The Morgan fingerprint density at radius 1 is 1.58 bits per heavy atom. The summed E-state index contributed by atoms with van der Waals surface area (Å²) in [6, 6.07) is 2.20. The lowest BCUT2D eigenvalue weighted by atomic mass is 10.3. The molecule has 1 amide bonds. The number of carbonyl (C=O) groups excluding carboxylic acids is 1. The Labute approximate surface area is 114 Å². The Morgan fingerprint density at radius 3 is 2.84 bits per heavy atom. The van der Waals surface area contributed by atoms with Gasteiger partial charge in [0.05, 0.1) is 4.92 Å². The van der Waals surface area contributed by atoms with Gasteiger partial charge < -0.3 is 10.6 Å². The molecule has 8 heteroatoms. The van der Waals surface area contributed by atoms with Crippen LogP contribution >= 0.6 is 11.6 Å². The van der Waals surface area contributed by atoms with Crippen LogP contribution in [-0.2, 0) is 4.79 Å². The van der Waals surface area contributed by atoms with E-state index in [9.17, 15) is 14.9 Å². The van der Waals surface area contributed by atoms with E-state index < -0.39 is 11.0 Å². The van der Waals surface area contributed by atoms with Gasteiger partial charge in [0.1, 0.15) is 11.2 Å². The van der Waals surface area contributed by atoms with Gasteiger partial charge in [-0.05, 0) is 25.8 Å². The van der Waals surface area contributed by atoms with Crippen molar-refractivity contribution in [2.75, 3.05) is 5.32 Å². The van der Waals surface area contributed by atoms with E-state index >= 15 is 0 Å². The molecule has 1 unspecified atom stereocenters. The smallest absolute Gasteiger partial charge is 0.311 e. The number of pyridine rings is 1. The van der Waals surface area contributed by atoms with Crippen molar-refractivity contribution in [3.05, 3.63) is 27.4 Å². The number of nitro groups is 1. The fourth-order valence-corrected chi connectivity index (χ4v) is 1.65. The highest BCUT2D eigenvalue weighted by molar-refractivity contribution is 6.29. The summed E-state index contributed by atoms with van der Waals surface area (Å²) in [4.78, 5) is 25.9. The average molecular weight is 285 g/mol. The Balaban J connectivity index is 2.10. The number of carbonyl (C=O) groups is 1. The molecule has 1 saturated carbocycles. The van der Waals surface area contributed by atoms with Crippen LogP contribution in [0.15, 0.2) is 12.1 Å². The monoisotopic (exact) mass is 284 g/mol. The predicted molar refractivity (Wildman–Crippen MR) is 70.2 cm³/mol. The van der Waals surface area contributed by atoms with E-state index in [0.717, 1.165) is 12.8 Å². The van der Waals surface area contributed by atoms with Crippen LogP contribution in [0, 0.1) is 10.1 Å². The van der Waals surface area contributed by atoms with Crippen molar-refractivity contribution in [3.63, 3.8) is 0 Å². The van der Waals surface area contributed by atoms with Gasteiger partial charge in [-0.1, -0.05) is 11.6 Å². The normalized spacial score (nSPS) is 15.7. The fraction of sp³-hybridized carbons (Fsp3) is 0.455. The number of amides is 1. The second kappa shape index (κ2) is 5.40. The zero-order chi connectivity index (χ0) is 14.0. The van der Waals surface area contributed by atoms with Crippen molar-refractivity contribution < 1.29 is 9.72 Å². The molecular formula is C11H13ClN4O3. The lowest BCUT2D eigenvalue weighted by Gasteiger charge is -2.14. The van der Waals surface area contributed by atoms with Gasteiger partial charge in [0.2, 0.25) is 11.7 Å². The summed E-state index contributed by atoms with van der Waals surface area (Å²) in [5, 5.41) is 16.5. The molecule has 0 radical (unpaired) electrons. The van der Waals surface area contributed by atoms with Crippen molar-refractivity contribution in [1.29, 1.82) is 0 Å². The zero-order valence-electron chi connectivity index (χ0n) is 10.2. The maximum atomic E-state index is 11.8. The Kier molecular flexibility index (Phi) is 3.84. The largest absolute Gasteiger partial charge is 0.353 e. The van der Waals surface area contributed by atoms with Crippen LogP contribution in [0.25, 0.3) is 0 Å². The van der Waals surface area contributed by atoms with Gasteiger partial charge in [-0.2, -0.15) is 0 Å². The SMILES string of the molecule is CC(Nc1nc(Cl)ccc1[N+](=O)[O-])C(=O)NC1CC1. The van der Waals surface area contributed by atoms with Crippen molar-refractivity contribution in [1.82, 2.24) is 10.3 Å². The first-order chi connectivity index (χ1) is 8.97. The average Bonchev–Trinajstić information content (AvgIpc) is 3.12. The maximum Gasteiger partial charge on any atom is 0.311 e. The van der Waals surface area contributed by atoms with E-state index in [1.807, 2.05) is 0 Å². The van der Waals surface area contributed by atoms with Gasteiger partial charge in [0.25, 0.3) is 0 Å². The van der Waals surface area contributed by atoms with Crippen LogP contribution in [0.2, 0.25) is 5.15 Å². The molecule has 0 saturated heterocycles. The quantitative estimate of drug-likeness (QED) is 0.487. The first kappa shape index (κ1) is 13.5. The molecule has 0 bridgehead atoms. The van der Waals surface area contributed by atoms with E-state index in [2.05, 4.69) is 15.6 Å². The van der Waals surface area contributed by atoms with Gasteiger partial charge in [0, 0.05) is 12.1 Å². The van der Waals surface area contributed by atoms with E-state index in [0.29, 0.717) is 0 Å². The standard InChI is InChI=1S/C11H13ClN4O3/c1-6(11(17)14-7-2-3-7)13-10-8(16(18)19)4-5-9(12)15-10/h4-7H,2-3H2,1H3,(H,13,15)(H,14,17). The maximum absolute atomic E-state index is 11.8. The third kappa shape index (κ3) is 3.54. The topological polar surface area (TPSA) is 97.2 Å². The summed E-state index contributed by atoms with van der Waals surface area (Å²) < 4.78 is 0. The van der Waals surface area contributed by atoms with Gasteiger partial charge in [0.15, 0.2) is 0 Å². The molecular weight excluding hydrogens is 272 g/mol. The number of hydrogen-bond donors (Lipinski definition) is 2. The number of nitrogens with zero attached hydrogens (tertiary/aromatic N) is 2. The Morgan fingerprint density at radius 2 is 2.26 bits per heavy atom. The minimum atomic E-state index is -0.620. The molecule has 2 N–H and O–H groups in total. The summed E-state index contributed by atoms with van der Waals surface area (Å²) in [5.41, 5.74) is -0.213. The fourth-order valence-electron chi connectivity index (χ4n) is 1.51. The lowest BCUT2D eigenvalue weighted by Crippen LogP contribution is -2.39. The molecule has 0 aliphatic heterocycles. The molecule has 1 aliphatic rings. The molecule has 1 aromatic rings. The summed E-state index contributed by atoms with van der Waals surface area (Å²) in [6.07, 6.45) is 1.96. The lowest BCUT2D eigenvalue weighted by molar-refractivity contribution is -0.384. The van der Waals surface area contributed by atoms with Crippen molar-refractivity contribution >= 4 is 29.0 Å². The molecule has 1 aliphatic carbocycles. The summed E-state index contributed by atoms with van der Waals surface area (Å²) in [7, 11) is 0. The minimum absolute atomic E-state index is 0.00375. The summed E-state index contributed by atoms with van der Waals surface area (Å²) in [6.45, 7) is 1.62. The number of nitrogens with one attached hydrogen (secondary N) is 2. The number of rotatable bonds is 5. The summed E-state index contributed by atoms with van der Waals surface area (Å²) >= 11 is 5.70. The first-order valence-electron chi connectivity index (χ1n) is 5.85. The van der Waals surface area contributed by atoms with E-state index in [1.165, 1.54) is 12.1 Å². The number of aromatic nitrogens is 1. The molecule has 19 heavy (non-hydrogen) atoms. The van der Waals surface area contributed by atoms with Crippen LogP contribution in [0.4, 0.5) is 11.5 Å². The van der Waals surface area contributed by atoms with Gasteiger partial charge in [-0.25, -0.2) is 4.98 Å². The molecule has 0 aromatic carbocycles. The Bertz CT molecular complexity index is 519. The molecule has 1 fully saturated rings. The minimum Gasteiger partial charge on any atom is -0.353 e. The molecule has 102 valence electrons. The van der Waals surface area contributed by atoms with E-state index in [4.69, 9.17) is 11.6 Å². The highest BCUT2D eigenvalue weighted by Gasteiger charge is 2.27. The van der Waals surface area contributed by atoms with Crippen molar-refractivity contribution in [2.24, 2.45) is 0 Å². The van der Waals surface area contributed by atoms with Crippen LogP contribution < -0.4 is 10.6 Å². The van der Waals surface area contributed by atoms with E-state index in [1.54, 1.807) is 6.92 Å². The highest BCUT2D eigenvalue weighted by Crippen LogP contribution is 2.25. The third-order valence-corrected chi connectivity index (χ3v) is 2.92. The van der Waals surface area contributed by atoms with Gasteiger partial charge >= 0.3 is 5.69 Å². The number of anilines is 1. The third-order valence-electron chi connectivity index (χ3n) is 2.71. The van der Waals surface area contributed by atoms with Crippen LogP contribution in [-0.4, -0.2) is 27.9 Å². The summed E-state index contributed by atoms with van der Waals surface area (Å²) in [5.74, 6) is -0.213. The van der Waals surface area contributed by atoms with Crippen molar-refractivity contribution in [2.45, 2.75) is 31.8 Å². The molecule has 2 rings (SSSR count). The van der Waals surface area contributed by atoms with Crippen LogP contribution in [0.3, 0.4) is 0 Å². The number of halogens is 1. The zero-order valence-corrected chi connectivity index (χ0v) is 11.0. The van der Waals surface area contributed by atoms with E-state index in [-0.39, 0.29) is 28.6 Å². The first-order valence-corrected chi connectivity index (χ1v) is 6.23. The van der Waals surface area contributed by atoms with Crippen LogP contribution in [0.5, 0.6) is 0 Å².